The lowest BCUT2D eigenvalue weighted by molar-refractivity contribution is 0.0697. The van der Waals surface area contributed by atoms with E-state index in [1.807, 2.05) is 30.3 Å². The van der Waals surface area contributed by atoms with Crippen LogP contribution in [0.2, 0.25) is 0 Å². The van der Waals surface area contributed by atoms with Gasteiger partial charge in [0.05, 0.1) is 17.6 Å². The second kappa shape index (κ2) is 4.70. The molecular weight excluding hydrogens is 258 g/mol. The highest BCUT2D eigenvalue weighted by molar-refractivity contribution is 5.91. The van der Waals surface area contributed by atoms with Crippen LogP contribution < -0.4 is 5.76 Å². The standard InChI is InChI=1S/C15H11NO4/c17-14(18)11-6-7-13-12(8-11)16(15(19)20-13)9-10-4-2-1-3-5-10/h1-8H,9H2,(H,17,18). The number of aromatic carboxylic acids is 1. The van der Waals surface area contributed by atoms with E-state index in [1.165, 1.54) is 22.8 Å². The molecule has 0 atom stereocenters. The minimum absolute atomic E-state index is 0.125. The lowest BCUT2D eigenvalue weighted by Crippen LogP contribution is -2.14. The lowest BCUT2D eigenvalue weighted by atomic mass is 10.2. The van der Waals surface area contributed by atoms with Crippen molar-refractivity contribution < 1.29 is 14.3 Å². The van der Waals surface area contributed by atoms with E-state index in [0.717, 1.165) is 5.56 Å². The Labute approximate surface area is 113 Å². The Morgan fingerprint density at radius 2 is 1.90 bits per heavy atom. The van der Waals surface area contributed by atoms with Gasteiger partial charge < -0.3 is 9.52 Å². The molecule has 0 unspecified atom stereocenters. The van der Waals surface area contributed by atoms with Crippen molar-refractivity contribution in [2.75, 3.05) is 0 Å². The summed E-state index contributed by atoms with van der Waals surface area (Å²) in [5.74, 6) is -1.53. The van der Waals surface area contributed by atoms with Crippen molar-refractivity contribution in [2.24, 2.45) is 0 Å². The van der Waals surface area contributed by atoms with Crippen LogP contribution in [0.15, 0.2) is 57.7 Å². The summed E-state index contributed by atoms with van der Waals surface area (Å²) in [6.07, 6.45) is 0. The van der Waals surface area contributed by atoms with Crippen LogP contribution in [0.3, 0.4) is 0 Å². The monoisotopic (exact) mass is 269 g/mol. The second-order valence-electron chi connectivity index (χ2n) is 4.43. The number of aromatic nitrogens is 1. The van der Waals surface area contributed by atoms with E-state index < -0.39 is 11.7 Å². The van der Waals surface area contributed by atoms with Crippen molar-refractivity contribution >= 4 is 17.1 Å². The zero-order chi connectivity index (χ0) is 14.1. The fourth-order valence-electron chi connectivity index (χ4n) is 2.11. The van der Waals surface area contributed by atoms with Gasteiger partial charge in [0.2, 0.25) is 0 Å². The highest BCUT2D eigenvalue weighted by atomic mass is 16.4. The summed E-state index contributed by atoms with van der Waals surface area (Å²) in [6, 6.07) is 13.8. The molecule has 5 nitrogen and oxygen atoms in total. The number of carboxylic acids is 1. The highest BCUT2D eigenvalue weighted by Crippen LogP contribution is 2.16. The van der Waals surface area contributed by atoms with Gasteiger partial charge in [-0.25, -0.2) is 9.59 Å². The Kier molecular flexibility index (Phi) is 2.87. The number of rotatable bonds is 3. The summed E-state index contributed by atoms with van der Waals surface area (Å²) in [6.45, 7) is 0.343. The quantitative estimate of drug-likeness (QED) is 0.792. The first-order valence-electron chi connectivity index (χ1n) is 6.06. The number of carbonyl (C=O) groups is 1. The van der Waals surface area contributed by atoms with Crippen LogP contribution >= 0.6 is 0 Å². The van der Waals surface area contributed by atoms with Crippen molar-refractivity contribution in [1.82, 2.24) is 4.57 Å². The van der Waals surface area contributed by atoms with Crippen molar-refractivity contribution in [2.45, 2.75) is 6.54 Å². The predicted molar refractivity (Wildman–Crippen MR) is 73.0 cm³/mol. The molecule has 100 valence electrons. The zero-order valence-corrected chi connectivity index (χ0v) is 10.4. The molecular formula is C15H11NO4. The van der Waals surface area contributed by atoms with E-state index in [0.29, 0.717) is 17.6 Å². The van der Waals surface area contributed by atoms with Crippen molar-refractivity contribution in [3.05, 3.63) is 70.2 Å². The van der Waals surface area contributed by atoms with Crippen LogP contribution in [0.5, 0.6) is 0 Å². The van der Waals surface area contributed by atoms with Crippen molar-refractivity contribution in [3.8, 4) is 0 Å². The van der Waals surface area contributed by atoms with Crippen LogP contribution in [-0.2, 0) is 6.54 Å². The van der Waals surface area contributed by atoms with Crippen molar-refractivity contribution in [3.63, 3.8) is 0 Å². The number of nitrogens with zero attached hydrogens (tertiary/aromatic N) is 1. The molecule has 0 radical (unpaired) electrons. The fourth-order valence-corrected chi connectivity index (χ4v) is 2.11. The normalized spacial score (nSPS) is 10.8. The average molecular weight is 269 g/mol. The van der Waals surface area contributed by atoms with Gasteiger partial charge in [-0.2, -0.15) is 0 Å². The fraction of sp³-hybridized carbons (Fsp3) is 0.0667. The molecule has 0 saturated carbocycles. The Morgan fingerprint density at radius 3 is 2.60 bits per heavy atom. The van der Waals surface area contributed by atoms with E-state index in [1.54, 1.807) is 0 Å². The maximum absolute atomic E-state index is 11.9. The number of benzene rings is 2. The first-order chi connectivity index (χ1) is 9.65. The first-order valence-corrected chi connectivity index (χ1v) is 6.06. The van der Waals surface area contributed by atoms with Gasteiger partial charge in [0.15, 0.2) is 5.58 Å². The molecule has 5 heteroatoms. The zero-order valence-electron chi connectivity index (χ0n) is 10.4. The maximum atomic E-state index is 11.9. The molecule has 1 aromatic heterocycles. The van der Waals surface area contributed by atoms with E-state index >= 15 is 0 Å². The summed E-state index contributed by atoms with van der Waals surface area (Å²) in [4.78, 5) is 22.9. The van der Waals surface area contributed by atoms with Crippen LogP contribution in [0.4, 0.5) is 0 Å². The third kappa shape index (κ3) is 2.09. The second-order valence-corrected chi connectivity index (χ2v) is 4.43. The van der Waals surface area contributed by atoms with E-state index in [2.05, 4.69) is 0 Å². The summed E-state index contributed by atoms with van der Waals surface area (Å²) in [5, 5.41) is 9.01. The van der Waals surface area contributed by atoms with Crippen LogP contribution in [0.1, 0.15) is 15.9 Å². The van der Waals surface area contributed by atoms with Gasteiger partial charge in [-0.15, -0.1) is 0 Å². The minimum atomic E-state index is -1.04. The highest BCUT2D eigenvalue weighted by Gasteiger charge is 2.12. The van der Waals surface area contributed by atoms with Crippen molar-refractivity contribution in [1.29, 1.82) is 0 Å². The molecule has 0 aliphatic carbocycles. The molecule has 0 amide bonds. The van der Waals surface area contributed by atoms with Gasteiger partial charge in [0, 0.05) is 0 Å². The number of carboxylic acid groups (broad SMARTS) is 1. The molecule has 1 N–H and O–H groups in total. The molecule has 3 aromatic rings. The van der Waals surface area contributed by atoms with Crippen LogP contribution in [-0.4, -0.2) is 15.6 Å². The minimum Gasteiger partial charge on any atom is -0.478 e. The van der Waals surface area contributed by atoms with Gasteiger partial charge in [0.1, 0.15) is 0 Å². The molecule has 1 heterocycles. The maximum Gasteiger partial charge on any atom is 0.420 e. The number of fused-ring (bicyclic) bond motifs is 1. The van der Waals surface area contributed by atoms with Gasteiger partial charge in [-0.05, 0) is 23.8 Å². The first kappa shape index (κ1) is 12.2. The molecule has 20 heavy (non-hydrogen) atoms. The molecule has 0 fully saturated rings. The van der Waals surface area contributed by atoms with Gasteiger partial charge in [0.25, 0.3) is 0 Å². The average Bonchev–Trinajstić information content (AvgIpc) is 2.75. The van der Waals surface area contributed by atoms with E-state index in [9.17, 15) is 9.59 Å². The topological polar surface area (TPSA) is 72.4 Å². The summed E-state index contributed by atoms with van der Waals surface area (Å²) < 4.78 is 6.55. The Morgan fingerprint density at radius 1 is 1.15 bits per heavy atom. The molecule has 2 aromatic carbocycles. The summed E-state index contributed by atoms with van der Waals surface area (Å²) in [7, 11) is 0. The van der Waals surface area contributed by atoms with Gasteiger partial charge in [-0.1, -0.05) is 30.3 Å². The number of hydrogen-bond acceptors (Lipinski definition) is 3. The van der Waals surface area contributed by atoms with E-state index in [-0.39, 0.29) is 5.56 Å². The van der Waals surface area contributed by atoms with Crippen LogP contribution in [0.25, 0.3) is 11.1 Å². The third-order valence-electron chi connectivity index (χ3n) is 3.10. The molecule has 0 aliphatic rings. The Bertz CT molecular complexity index is 830. The summed E-state index contributed by atoms with van der Waals surface area (Å²) in [5.41, 5.74) is 1.94. The molecule has 0 bridgehead atoms. The smallest absolute Gasteiger partial charge is 0.420 e. The number of oxazole rings is 1. The molecule has 0 spiro atoms. The largest absolute Gasteiger partial charge is 0.478 e. The molecule has 0 saturated heterocycles. The Balaban J connectivity index is 2.14. The predicted octanol–water partition coefficient (Wildman–Crippen LogP) is 2.34. The van der Waals surface area contributed by atoms with Gasteiger partial charge >= 0.3 is 11.7 Å². The SMILES string of the molecule is O=C(O)c1ccc2oc(=O)n(Cc3ccccc3)c2c1. The lowest BCUT2D eigenvalue weighted by Gasteiger charge is -2.02. The number of hydrogen-bond donors (Lipinski definition) is 1. The summed E-state index contributed by atoms with van der Waals surface area (Å²) >= 11 is 0. The molecule has 3 rings (SSSR count). The Hall–Kier alpha value is -2.82. The van der Waals surface area contributed by atoms with Gasteiger partial charge in [-0.3, -0.25) is 4.57 Å². The molecule has 0 aliphatic heterocycles. The van der Waals surface area contributed by atoms with E-state index in [4.69, 9.17) is 9.52 Å². The van der Waals surface area contributed by atoms with Crippen LogP contribution in [0, 0.1) is 0 Å². The third-order valence-corrected chi connectivity index (χ3v) is 3.10.